The van der Waals surface area contributed by atoms with E-state index < -0.39 is 0 Å². The number of H-pyrrole nitrogens is 1. The third kappa shape index (κ3) is 4.87. The van der Waals surface area contributed by atoms with Gasteiger partial charge in [0, 0.05) is 17.1 Å². The summed E-state index contributed by atoms with van der Waals surface area (Å²) in [5.74, 6) is 0.752. The molecule has 2 aromatic carbocycles. The lowest BCUT2D eigenvalue weighted by molar-refractivity contribution is -0.115. The van der Waals surface area contributed by atoms with Crippen LogP contribution in [0.25, 0.3) is 10.2 Å². The Morgan fingerprint density at radius 2 is 2.00 bits per heavy atom. The zero-order valence-corrected chi connectivity index (χ0v) is 18.1. The fourth-order valence-corrected chi connectivity index (χ4v) is 4.27. The maximum atomic E-state index is 12.6. The summed E-state index contributed by atoms with van der Waals surface area (Å²) in [6.07, 6.45) is 0.178. The second-order valence-electron chi connectivity index (χ2n) is 6.78. The van der Waals surface area contributed by atoms with Gasteiger partial charge in [0.15, 0.2) is 0 Å². The number of hydrogen-bond donors (Lipinski definition) is 3. The quantitative estimate of drug-likeness (QED) is 0.385. The highest BCUT2D eigenvalue weighted by Crippen LogP contribution is 2.29. The second-order valence-corrected chi connectivity index (χ2v) is 8.24. The molecule has 0 aliphatic rings. The second kappa shape index (κ2) is 9.20. The Bertz CT molecular complexity index is 1250. The van der Waals surface area contributed by atoms with E-state index in [1.54, 1.807) is 31.4 Å². The van der Waals surface area contributed by atoms with Crippen molar-refractivity contribution in [1.82, 2.24) is 15.5 Å². The van der Waals surface area contributed by atoms with Gasteiger partial charge in [-0.05, 0) is 29.8 Å². The SMILES string of the molecule is COc1ccccc1CNC(=O)c1cc2c(NC(=O)Cc3cccc(Cl)c3)[nH]nc2s1. The smallest absolute Gasteiger partial charge is 0.261 e. The van der Waals surface area contributed by atoms with E-state index in [4.69, 9.17) is 16.3 Å². The summed E-state index contributed by atoms with van der Waals surface area (Å²) in [6.45, 7) is 0.341. The van der Waals surface area contributed by atoms with Gasteiger partial charge in [0.2, 0.25) is 5.91 Å². The zero-order valence-electron chi connectivity index (χ0n) is 16.6. The molecule has 4 aromatic rings. The van der Waals surface area contributed by atoms with Crippen molar-refractivity contribution in [3.63, 3.8) is 0 Å². The minimum Gasteiger partial charge on any atom is -0.496 e. The van der Waals surface area contributed by atoms with Crippen LogP contribution < -0.4 is 15.4 Å². The minimum atomic E-state index is -0.217. The predicted molar refractivity (Wildman–Crippen MR) is 122 cm³/mol. The van der Waals surface area contributed by atoms with Crippen LogP contribution in [0.2, 0.25) is 5.02 Å². The highest BCUT2D eigenvalue weighted by Gasteiger charge is 2.17. The van der Waals surface area contributed by atoms with Crippen LogP contribution in [0.4, 0.5) is 5.82 Å². The van der Waals surface area contributed by atoms with E-state index >= 15 is 0 Å². The van der Waals surface area contributed by atoms with E-state index in [-0.39, 0.29) is 18.2 Å². The number of hydrogen-bond acceptors (Lipinski definition) is 5. The third-order valence-electron chi connectivity index (χ3n) is 4.62. The number of aromatic amines is 1. The average molecular weight is 455 g/mol. The van der Waals surface area contributed by atoms with E-state index in [1.807, 2.05) is 30.3 Å². The molecule has 0 saturated carbocycles. The van der Waals surface area contributed by atoms with Crippen molar-refractivity contribution in [1.29, 1.82) is 0 Å². The van der Waals surface area contributed by atoms with E-state index in [0.717, 1.165) is 11.1 Å². The van der Waals surface area contributed by atoms with Gasteiger partial charge in [0.05, 0.1) is 23.8 Å². The molecule has 158 valence electrons. The number of ether oxygens (including phenoxy) is 1. The van der Waals surface area contributed by atoms with Crippen molar-refractivity contribution < 1.29 is 14.3 Å². The van der Waals surface area contributed by atoms with Crippen molar-refractivity contribution >= 4 is 50.8 Å². The largest absolute Gasteiger partial charge is 0.496 e. The van der Waals surface area contributed by atoms with Crippen LogP contribution in [0, 0.1) is 0 Å². The number of rotatable bonds is 7. The summed E-state index contributed by atoms with van der Waals surface area (Å²) in [6, 6.07) is 16.4. The molecule has 9 heteroatoms. The molecule has 0 spiro atoms. The zero-order chi connectivity index (χ0) is 21.8. The number of amides is 2. The number of fused-ring (bicyclic) bond motifs is 1. The molecular weight excluding hydrogens is 436 g/mol. The molecule has 2 heterocycles. The van der Waals surface area contributed by atoms with Gasteiger partial charge >= 0.3 is 0 Å². The Hall–Kier alpha value is -3.36. The summed E-state index contributed by atoms with van der Waals surface area (Å²) in [4.78, 5) is 26.2. The first-order valence-electron chi connectivity index (χ1n) is 9.46. The van der Waals surface area contributed by atoms with Crippen LogP contribution in [0.5, 0.6) is 5.75 Å². The van der Waals surface area contributed by atoms with Gasteiger partial charge in [-0.1, -0.05) is 41.9 Å². The van der Waals surface area contributed by atoms with Gasteiger partial charge < -0.3 is 15.4 Å². The van der Waals surface area contributed by atoms with Crippen molar-refractivity contribution in [2.24, 2.45) is 0 Å². The molecule has 0 saturated heterocycles. The van der Waals surface area contributed by atoms with Crippen molar-refractivity contribution in [2.75, 3.05) is 12.4 Å². The van der Waals surface area contributed by atoms with Crippen LogP contribution >= 0.6 is 22.9 Å². The monoisotopic (exact) mass is 454 g/mol. The van der Waals surface area contributed by atoms with Gasteiger partial charge in [-0.3, -0.25) is 14.7 Å². The van der Waals surface area contributed by atoms with E-state index in [0.29, 0.717) is 38.2 Å². The molecule has 0 aliphatic heterocycles. The Morgan fingerprint density at radius 3 is 2.81 bits per heavy atom. The molecule has 0 bridgehead atoms. The van der Waals surface area contributed by atoms with Crippen LogP contribution in [0.1, 0.15) is 20.8 Å². The lowest BCUT2D eigenvalue weighted by Gasteiger charge is -2.08. The number of aromatic nitrogens is 2. The fraction of sp³-hybridized carbons (Fsp3) is 0.136. The summed E-state index contributed by atoms with van der Waals surface area (Å²) < 4.78 is 5.31. The van der Waals surface area contributed by atoms with Crippen molar-refractivity contribution in [2.45, 2.75) is 13.0 Å². The van der Waals surface area contributed by atoms with Crippen molar-refractivity contribution in [3.05, 3.63) is 75.6 Å². The van der Waals surface area contributed by atoms with Crippen molar-refractivity contribution in [3.8, 4) is 5.75 Å². The average Bonchev–Trinajstić information content (AvgIpc) is 3.34. The Balaban J connectivity index is 1.43. The van der Waals surface area contributed by atoms with E-state index in [9.17, 15) is 9.59 Å². The van der Waals surface area contributed by atoms with Gasteiger partial charge in [0.1, 0.15) is 16.4 Å². The molecule has 7 nitrogen and oxygen atoms in total. The van der Waals surface area contributed by atoms with Gasteiger partial charge in [-0.25, -0.2) is 0 Å². The molecule has 4 rings (SSSR count). The fourth-order valence-electron chi connectivity index (χ4n) is 3.15. The van der Waals surface area contributed by atoms with E-state index in [2.05, 4.69) is 20.8 Å². The lowest BCUT2D eigenvalue weighted by atomic mass is 10.1. The van der Waals surface area contributed by atoms with Crippen LogP contribution in [0.3, 0.4) is 0 Å². The Morgan fingerprint density at radius 1 is 1.16 bits per heavy atom. The molecule has 0 unspecified atom stereocenters. The van der Waals surface area contributed by atoms with Gasteiger partial charge in [-0.15, -0.1) is 11.3 Å². The molecule has 0 fully saturated rings. The maximum Gasteiger partial charge on any atom is 0.261 e. The number of para-hydroxylation sites is 1. The predicted octanol–water partition coefficient (Wildman–Crippen LogP) is 4.40. The van der Waals surface area contributed by atoms with Gasteiger partial charge in [-0.2, -0.15) is 5.10 Å². The number of thiophene rings is 1. The number of nitrogens with one attached hydrogen (secondary N) is 3. The lowest BCUT2D eigenvalue weighted by Crippen LogP contribution is -2.22. The van der Waals surface area contributed by atoms with Gasteiger partial charge in [0.25, 0.3) is 5.91 Å². The molecule has 3 N–H and O–H groups in total. The minimum absolute atomic E-state index is 0.178. The number of carbonyl (C=O) groups excluding carboxylic acids is 2. The summed E-state index contributed by atoms with van der Waals surface area (Å²) in [7, 11) is 1.59. The number of anilines is 1. The Labute approximate surface area is 187 Å². The molecule has 0 atom stereocenters. The molecule has 31 heavy (non-hydrogen) atoms. The highest BCUT2D eigenvalue weighted by molar-refractivity contribution is 7.20. The van der Waals surface area contributed by atoms with E-state index in [1.165, 1.54) is 11.3 Å². The van der Waals surface area contributed by atoms with Crippen LogP contribution in [-0.4, -0.2) is 29.1 Å². The normalized spacial score (nSPS) is 10.8. The third-order valence-corrected chi connectivity index (χ3v) is 5.89. The first-order chi connectivity index (χ1) is 15.0. The molecule has 0 aliphatic carbocycles. The Kier molecular flexibility index (Phi) is 6.20. The molecular formula is C22H19ClN4O3S. The first kappa shape index (κ1) is 20.9. The number of carbonyl (C=O) groups is 2. The standard InChI is InChI=1S/C22H19ClN4O3S/c1-30-17-8-3-2-6-14(17)12-24-21(29)18-11-16-20(26-27-22(16)31-18)25-19(28)10-13-5-4-7-15(23)9-13/h2-9,11H,10,12H2,1H3,(H,24,29)(H2,25,26,27,28). The number of benzene rings is 2. The number of halogens is 1. The number of methoxy groups -OCH3 is 1. The van der Waals surface area contributed by atoms with Crippen LogP contribution in [-0.2, 0) is 17.8 Å². The summed E-state index contributed by atoms with van der Waals surface area (Å²) in [5, 5.41) is 14.0. The first-order valence-corrected chi connectivity index (χ1v) is 10.6. The molecule has 0 radical (unpaired) electrons. The topological polar surface area (TPSA) is 96.1 Å². The summed E-state index contributed by atoms with van der Waals surface area (Å²) in [5.41, 5.74) is 1.69. The molecule has 2 amide bonds. The molecule has 2 aromatic heterocycles. The maximum absolute atomic E-state index is 12.6. The van der Waals surface area contributed by atoms with Crippen LogP contribution in [0.15, 0.2) is 54.6 Å². The summed E-state index contributed by atoms with van der Waals surface area (Å²) >= 11 is 7.22. The highest BCUT2D eigenvalue weighted by atomic mass is 35.5. The number of nitrogens with zero attached hydrogens (tertiary/aromatic N) is 1.